The van der Waals surface area contributed by atoms with E-state index in [0.29, 0.717) is 19.1 Å². The first-order valence-corrected chi connectivity index (χ1v) is 10.2. The molecule has 0 radical (unpaired) electrons. The Hall–Kier alpha value is -2.13. The Morgan fingerprint density at radius 3 is 2.80 bits per heavy atom. The number of nitrogens with zero attached hydrogens (tertiary/aromatic N) is 4. The minimum atomic E-state index is 0. The first-order chi connectivity index (χ1) is 14.2. The summed E-state index contributed by atoms with van der Waals surface area (Å²) in [5.74, 6) is 1.47. The third-order valence-electron chi connectivity index (χ3n) is 5.44. The number of hydrogen-bond donors (Lipinski definition) is 1. The third kappa shape index (κ3) is 5.51. The molecule has 0 saturated carbocycles. The summed E-state index contributed by atoms with van der Waals surface area (Å²) in [6.45, 7) is 6.20. The second kappa shape index (κ2) is 10.8. The minimum Gasteiger partial charge on any atom is -0.376 e. The van der Waals surface area contributed by atoms with Crippen LogP contribution in [0.3, 0.4) is 0 Å². The fourth-order valence-corrected chi connectivity index (χ4v) is 3.86. The summed E-state index contributed by atoms with van der Waals surface area (Å²) in [7, 11) is 1.84. The van der Waals surface area contributed by atoms with Gasteiger partial charge in [-0.15, -0.1) is 24.0 Å². The summed E-state index contributed by atoms with van der Waals surface area (Å²) in [5.41, 5.74) is 4.40. The number of nitrogens with one attached hydrogen (secondary N) is 1. The molecule has 3 heterocycles. The highest BCUT2D eigenvalue weighted by atomic mass is 127. The van der Waals surface area contributed by atoms with E-state index in [2.05, 4.69) is 63.1 Å². The Balaban J connectivity index is 0.00000256. The van der Waals surface area contributed by atoms with Gasteiger partial charge in [-0.3, -0.25) is 4.99 Å². The third-order valence-corrected chi connectivity index (χ3v) is 5.44. The quantitative estimate of drug-likeness (QED) is 0.305. The second-order valence-corrected chi connectivity index (χ2v) is 7.63. The number of rotatable bonds is 6. The number of hydrogen-bond acceptors (Lipinski definition) is 3. The first-order valence-electron chi connectivity index (χ1n) is 10.2. The van der Waals surface area contributed by atoms with Gasteiger partial charge in [0, 0.05) is 37.9 Å². The van der Waals surface area contributed by atoms with Crippen molar-refractivity contribution in [2.45, 2.75) is 26.5 Å². The van der Waals surface area contributed by atoms with E-state index in [1.54, 1.807) is 0 Å². The molecule has 1 fully saturated rings. The maximum atomic E-state index is 5.94. The standard InChI is InChI=1S/C23H29N5O.HI/c1-18-7-6-10-22-26-21(15-28(18)22)13-25-23(24-2)27-12-11-20(14-27)17-29-16-19-8-4-3-5-9-19;/h3-10,15,20H,11-14,16-17H2,1-2H3,(H,24,25);1H. The number of aliphatic imine (C=N–C) groups is 1. The summed E-state index contributed by atoms with van der Waals surface area (Å²) in [6, 6.07) is 16.5. The number of likely N-dealkylation sites (tertiary alicyclic amines) is 1. The van der Waals surface area contributed by atoms with Gasteiger partial charge in [0.15, 0.2) is 5.96 Å². The van der Waals surface area contributed by atoms with E-state index >= 15 is 0 Å². The van der Waals surface area contributed by atoms with Crippen molar-refractivity contribution in [2.75, 3.05) is 26.7 Å². The second-order valence-electron chi connectivity index (χ2n) is 7.63. The zero-order chi connectivity index (χ0) is 20.1. The van der Waals surface area contributed by atoms with E-state index in [1.165, 1.54) is 11.3 Å². The van der Waals surface area contributed by atoms with Crippen LogP contribution in [0.25, 0.3) is 5.65 Å². The fraction of sp³-hybridized carbons (Fsp3) is 0.391. The zero-order valence-corrected chi connectivity index (χ0v) is 20.0. The van der Waals surface area contributed by atoms with E-state index in [9.17, 15) is 0 Å². The molecule has 0 amide bonds. The van der Waals surface area contributed by atoms with Gasteiger partial charge in [0.1, 0.15) is 5.65 Å². The fourth-order valence-electron chi connectivity index (χ4n) is 3.86. The van der Waals surface area contributed by atoms with Crippen LogP contribution >= 0.6 is 24.0 Å². The molecule has 3 aromatic rings. The van der Waals surface area contributed by atoms with Gasteiger partial charge in [0.05, 0.1) is 25.5 Å². The summed E-state index contributed by atoms with van der Waals surface area (Å²) in [6.07, 6.45) is 3.22. The monoisotopic (exact) mass is 519 g/mol. The molecule has 160 valence electrons. The number of benzene rings is 1. The Morgan fingerprint density at radius 2 is 2.03 bits per heavy atom. The van der Waals surface area contributed by atoms with Crippen molar-refractivity contribution in [3.8, 4) is 0 Å². The number of aromatic nitrogens is 2. The first kappa shape index (κ1) is 22.6. The average Bonchev–Trinajstić information content (AvgIpc) is 3.37. The number of fused-ring (bicyclic) bond motifs is 1. The number of ether oxygens (including phenoxy) is 1. The maximum absolute atomic E-state index is 5.94. The number of halogens is 1. The number of pyridine rings is 1. The molecule has 1 aliphatic rings. The lowest BCUT2D eigenvalue weighted by Crippen LogP contribution is -2.39. The Kier molecular flexibility index (Phi) is 8.09. The van der Waals surface area contributed by atoms with Crippen molar-refractivity contribution in [1.82, 2.24) is 19.6 Å². The maximum Gasteiger partial charge on any atom is 0.193 e. The van der Waals surface area contributed by atoms with Crippen LogP contribution in [-0.2, 0) is 17.9 Å². The van der Waals surface area contributed by atoms with E-state index in [4.69, 9.17) is 9.72 Å². The average molecular weight is 519 g/mol. The van der Waals surface area contributed by atoms with Crippen molar-refractivity contribution >= 4 is 35.6 Å². The van der Waals surface area contributed by atoms with E-state index in [-0.39, 0.29) is 24.0 Å². The van der Waals surface area contributed by atoms with Crippen molar-refractivity contribution in [1.29, 1.82) is 0 Å². The lowest BCUT2D eigenvalue weighted by molar-refractivity contribution is 0.0906. The van der Waals surface area contributed by atoms with Crippen molar-refractivity contribution in [2.24, 2.45) is 10.9 Å². The van der Waals surface area contributed by atoms with Gasteiger partial charge in [0.2, 0.25) is 0 Å². The molecule has 0 aliphatic carbocycles. The van der Waals surface area contributed by atoms with Crippen LogP contribution in [0.4, 0.5) is 0 Å². The van der Waals surface area contributed by atoms with Gasteiger partial charge < -0.3 is 19.4 Å². The molecule has 1 aromatic carbocycles. The normalized spacial score (nSPS) is 16.7. The predicted octanol–water partition coefficient (Wildman–Crippen LogP) is 3.87. The molecule has 1 atom stereocenters. The molecule has 30 heavy (non-hydrogen) atoms. The lowest BCUT2D eigenvalue weighted by Gasteiger charge is -2.21. The SMILES string of the molecule is CN=C(NCc1cn2c(C)cccc2n1)N1CCC(COCc2ccccc2)C1.I. The van der Waals surface area contributed by atoms with Gasteiger partial charge in [-0.2, -0.15) is 0 Å². The number of guanidine groups is 1. The van der Waals surface area contributed by atoms with Gasteiger partial charge in [-0.1, -0.05) is 36.4 Å². The van der Waals surface area contributed by atoms with E-state index < -0.39 is 0 Å². The number of aryl methyl sites for hydroxylation is 1. The van der Waals surface area contributed by atoms with Crippen molar-refractivity contribution in [3.05, 3.63) is 71.7 Å². The molecular weight excluding hydrogens is 489 g/mol. The van der Waals surface area contributed by atoms with Crippen LogP contribution in [0, 0.1) is 12.8 Å². The molecule has 1 aliphatic heterocycles. The predicted molar refractivity (Wildman–Crippen MR) is 131 cm³/mol. The zero-order valence-electron chi connectivity index (χ0n) is 17.6. The Bertz CT molecular complexity index is 972. The minimum absolute atomic E-state index is 0. The smallest absolute Gasteiger partial charge is 0.193 e. The molecule has 7 heteroatoms. The van der Waals surface area contributed by atoms with E-state index in [0.717, 1.165) is 43.4 Å². The highest BCUT2D eigenvalue weighted by Crippen LogP contribution is 2.17. The Labute approximate surface area is 195 Å². The topological polar surface area (TPSA) is 54.2 Å². The van der Waals surface area contributed by atoms with Crippen LogP contribution in [0.5, 0.6) is 0 Å². The highest BCUT2D eigenvalue weighted by molar-refractivity contribution is 14.0. The Morgan fingerprint density at radius 1 is 1.20 bits per heavy atom. The molecule has 0 spiro atoms. The summed E-state index contributed by atoms with van der Waals surface area (Å²) in [4.78, 5) is 11.5. The van der Waals surface area contributed by atoms with Gasteiger partial charge in [-0.05, 0) is 31.0 Å². The molecule has 1 unspecified atom stereocenters. The highest BCUT2D eigenvalue weighted by Gasteiger charge is 2.25. The molecule has 1 saturated heterocycles. The molecule has 6 nitrogen and oxygen atoms in total. The summed E-state index contributed by atoms with van der Waals surface area (Å²) < 4.78 is 8.06. The van der Waals surface area contributed by atoms with Crippen LogP contribution in [0.2, 0.25) is 0 Å². The molecule has 1 N–H and O–H groups in total. The van der Waals surface area contributed by atoms with Crippen molar-refractivity contribution < 1.29 is 4.74 Å². The molecular formula is C23H30IN5O. The van der Waals surface area contributed by atoms with Crippen LogP contribution in [0.1, 0.15) is 23.4 Å². The molecule has 0 bridgehead atoms. The van der Waals surface area contributed by atoms with Gasteiger partial charge in [0.25, 0.3) is 0 Å². The van der Waals surface area contributed by atoms with Crippen LogP contribution in [0.15, 0.2) is 59.7 Å². The van der Waals surface area contributed by atoms with Crippen molar-refractivity contribution in [3.63, 3.8) is 0 Å². The van der Waals surface area contributed by atoms with Gasteiger partial charge in [-0.25, -0.2) is 4.98 Å². The van der Waals surface area contributed by atoms with Crippen LogP contribution < -0.4 is 5.32 Å². The largest absolute Gasteiger partial charge is 0.376 e. The lowest BCUT2D eigenvalue weighted by atomic mass is 10.1. The molecule has 4 rings (SSSR count). The summed E-state index contributed by atoms with van der Waals surface area (Å²) in [5, 5.41) is 3.47. The van der Waals surface area contributed by atoms with Crippen LogP contribution in [-0.4, -0.2) is 47.0 Å². The molecule has 2 aromatic heterocycles. The van der Waals surface area contributed by atoms with E-state index in [1.807, 2.05) is 25.2 Å². The summed E-state index contributed by atoms with van der Waals surface area (Å²) >= 11 is 0. The van der Waals surface area contributed by atoms with Gasteiger partial charge >= 0.3 is 0 Å². The number of imidazole rings is 1.